The number of benzene rings is 1. The molecule has 1 aromatic carbocycles. The van der Waals surface area contributed by atoms with Crippen molar-refractivity contribution in [1.29, 1.82) is 0 Å². The van der Waals surface area contributed by atoms with Crippen LogP contribution in [0.5, 0.6) is 0 Å². The van der Waals surface area contributed by atoms with Crippen LogP contribution in [0.15, 0.2) is 34.9 Å². The predicted octanol–water partition coefficient (Wildman–Crippen LogP) is 3.56. The van der Waals surface area contributed by atoms with Crippen LogP contribution in [0, 0.1) is 19.7 Å². The maximum Gasteiger partial charge on any atom is 0.293 e. The third-order valence-corrected chi connectivity index (χ3v) is 5.30. The third kappa shape index (κ3) is 3.69. The van der Waals surface area contributed by atoms with Gasteiger partial charge in [0.25, 0.3) is 5.91 Å². The lowest BCUT2D eigenvalue weighted by Crippen LogP contribution is -2.32. The molecule has 1 aliphatic carbocycles. The van der Waals surface area contributed by atoms with Crippen LogP contribution in [-0.4, -0.2) is 31.8 Å². The largest absolute Gasteiger partial charge is 0.351 e. The molecule has 4 rings (SSSR count). The number of aryl methyl sites for hydroxylation is 2. The van der Waals surface area contributed by atoms with Gasteiger partial charge in [-0.1, -0.05) is 17.3 Å². The molecule has 0 atom stereocenters. The van der Waals surface area contributed by atoms with Crippen LogP contribution in [0.2, 0.25) is 0 Å². The zero-order valence-corrected chi connectivity index (χ0v) is 16.3. The molecule has 1 amide bonds. The highest BCUT2D eigenvalue weighted by Gasteiger charge is 2.35. The van der Waals surface area contributed by atoms with Crippen LogP contribution in [-0.2, 0) is 20.0 Å². The first-order chi connectivity index (χ1) is 13.4. The van der Waals surface area contributed by atoms with Crippen molar-refractivity contribution in [3.05, 3.63) is 70.1 Å². The van der Waals surface area contributed by atoms with E-state index in [-0.39, 0.29) is 23.5 Å². The fraction of sp³-hybridized carbons (Fsp3) is 0.381. The SMILES string of the molecule is Cc1nn(C)c(C)c1CN(C(=O)c1cc(Cc2ccc(F)cc2)no1)C1CC1. The number of rotatable bonds is 6. The molecular formula is C21H23FN4O2. The minimum atomic E-state index is -0.277. The molecule has 0 radical (unpaired) electrons. The smallest absolute Gasteiger partial charge is 0.293 e. The molecule has 1 aliphatic rings. The van der Waals surface area contributed by atoms with E-state index in [0.717, 1.165) is 35.4 Å². The van der Waals surface area contributed by atoms with Crippen molar-refractivity contribution < 1.29 is 13.7 Å². The highest BCUT2D eigenvalue weighted by Crippen LogP contribution is 2.31. The second-order valence-corrected chi connectivity index (χ2v) is 7.42. The second kappa shape index (κ2) is 7.22. The van der Waals surface area contributed by atoms with Gasteiger partial charge in [0.05, 0.1) is 17.9 Å². The second-order valence-electron chi connectivity index (χ2n) is 7.42. The number of aromatic nitrogens is 3. The molecule has 7 heteroatoms. The van der Waals surface area contributed by atoms with Crippen molar-refractivity contribution in [3.63, 3.8) is 0 Å². The fourth-order valence-electron chi connectivity index (χ4n) is 3.42. The first kappa shape index (κ1) is 18.4. The number of hydrogen-bond acceptors (Lipinski definition) is 4. The molecule has 1 saturated carbocycles. The summed E-state index contributed by atoms with van der Waals surface area (Å²) in [6.45, 7) is 4.50. The Kier molecular flexibility index (Phi) is 4.75. The minimum Gasteiger partial charge on any atom is -0.351 e. The summed E-state index contributed by atoms with van der Waals surface area (Å²) in [5.74, 6) is -0.188. The van der Waals surface area contributed by atoms with Gasteiger partial charge in [0.1, 0.15) is 5.82 Å². The number of nitrogens with zero attached hydrogens (tertiary/aromatic N) is 4. The van der Waals surface area contributed by atoms with Gasteiger partial charge >= 0.3 is 0 Å². The number of halogens is 1. The molecular weight excluding hydrogens is 359 g/mol. The Morgan fingerprint density at radius 2 is 2.00 bits per heavy atom. The first-order valence-electron chi connectivity index (χ1n) is 9.42. The third-order valence-electron chi connectivity index (χ3n) is 5.30. The maximum absolute atomic E-state index is 13.1. The van der Waals surface area contributed by atoms with Gasteiger partial charge in [-0.25, -0.2) is 4.39 Å². The standard InChI is InChI=1S/C21H23FN4O2/c1-13-19(14(2)25(3)23-13)12-26(18-8-9-18)21(27)20-11-17(24-28-20)10-15-4-6-16(22)7-5-15/h4-7,11,18H,8-10,12H2,1-3H3. The first-order valence-corrected chi connectivity index (χ1v) is 9.42. The fourth-order valence-corrected chi connectivity index (χ4v) is 3.42. The van der Waals surface area contributed by atoms with E-state index in [1.54, 1.807) is 18.2 Å². The van der Waals surface area contributed by atoms with Crippen molar-refractivity contribution in [2.24, 2.45) is 7.05 Å². The highest BCUT2D eigenvalue weighted by atomic mass is 19.1. The van der Waals surface area contributed by atoms with Gasteiger partial charge in [0.2, 0.25) is 5.76 Å². The Hall–Kier alpha value is -2.96. The maximum atomic E-state index is 13.1. The average Bonchev–Trinajstić information content (AvgIpc) is 3.35. The van der Waals surface area contributed by atoms with E-state index in [2.05, 4.69) is 10.3 Å². The molecule has 0 unspecified atom stereocenters. The zero-order chi connectivity index (χ0) is 19.8. The van der Waals surface area contributed by atoms with Gasteiger partial charge in [-0.15, -0.1) is 0 Å². The summed E-state index contributed by atoms with van der Waals surface area (Å²) >= 11 is 0. The zero-order valence-electron chi connectivity index (χ0n) is 16.3. The van der Waals surface area contributed by atoms with Crippen LogP contribution in [0.4, 0.5) is 4.39 Å². The van der Waals surface area contributed by atoms with Gasteiger partial charge in [-0.2, -0.15) is 5.10 Å². The summed E-state index contributed by atoms with van der Waals surface area (Å²) in [4.78, 5) is 14.9. The minimum absolute atomic E-state index is 0.150. The lowest BCUT2D eigenvalue weighted by molar-refractivity contribution is 0.0687. The molecule has 3 aromatic rings. The molecule has 28 heavy (non-hydrogen) atoms. The molecule has 0 aliphatic heterocycles. The van der Waals surface area contributed by atoms with Gasteiger partial charge in [0.15, 0.2) is 0 Å². The van der Waals surface area contributed by atoms with E-state index in [9.17, 15) is 9.18 Å². The Bertz CT molecular complexity index is 1000. The van der Waals surface area contributed by atoms with E-state index < -0.39 is 0 Å². The van der Waals surface area contributed by atoms with Crippen molar-refractivity contribution in [1.82, 2.24) is 19.8 Å². The molecule has 0 spiro atoms. The molecule has 146 valence electrons. The van der Waals surface area contributed by atoms with Gasteiger partial charge in [-0.05, 0) is 44.4 Å². The van der Waals surface area contributed by atoms with Crippen molar-refractivity contribution in [3.8, 4) is 0 Å². The van der Waals surface area contributed by atoms with E-state index in [1.807, 2.05) is 30.5 Å². The Morgan fingerprint density at radius 3 is 2.61 bits per heavy atom. The van der Waals surface area contributed by atoms with Crippen LogP contribution >= 0.6 is 0 Å². The van der Waals surface area contributed by atoms with Crippen LogP contribution in [0.1, 0.15) is 51.6 Å². The summed E-state index contributed by atoms with van der Waals surface area (Å²) in [6, 6.07) is 8.15. The Morgan fingerprint density at radius 1 is 1.29 bits per heavy atom. The number of amides is 1. The topological polar surface area (TPSA) is 64.2 Å². The number of carbonyl (C=O) groups is 1. The number of carbonyl (C=O) groups excluding carboxylic acids is 1. The average molecular weight is 382 g/mol. The van der Waals surface area contributed by atoms with Crippen molar-refractivity contribution in [2.75, 3.05) is 0 Å². The Labute approximate surface area is 162 Å². The van der Waals surface area contributed by atoms with Crippen molar-refractivity contribution in [2.45, 2.75) is 45.7 Å². The van der Waals surface area contributed by atoms with Crippen LogP contribution in [0.25, 0.3) is 0 Å². The van der Waals surface area contributed by atoms with E-state index in [4.69, 9.17) is 4.52 Å². The summed E-state index contributed by atoms with van der Waals surface area (Å²) in [5.41, 5.74) is 4.64. The molecule has 2 aromatic heterocycles. The molecule has 2 heterocycles. The van der Waals surface area contributed by atoms with Crippen LogP contribution < -0.4 is 0 Å². The van der Waals surface area contributed by atoms with Gasteiger partial charge in [-0.3, -0.25) is 9.48 Å². The lowest BCUT2D eigenvalue weighted by Gasteiger charge is -2.21. The van der Waals surface area contributed by atoms with E-state index >= 15 is 0 Å². The summed E-state index contributed by atoms with van der Waals surface area (Å²) in [6.07, 6.45) is 2.49. The highest BCUT2D eigenvalue weighted by molar-refractivity contribution is 5.92. The molecule has 0 N–H and O–H groups in total. The van der Waals surface area contributed by atoms with E-state index in [1.165, 1.54) is 12.1 Å². The normalized spacial score (nSPS) is 13.7. The van der Waals surface area contributed by atoms with Crippen LogP contribution in [0.3, 0.4) is 0 Å². The predicted molar refractivity (Wildman–Crippen MR) is 101 cm³/mol. The molecule has 0 bridgehead atoms. The monoisotopic (exact) mass is 382 g/mol. The Balaban J connectivity index is 1.52. The summed E-state index contributed by atoms with van der Waals surface area (Å²) in [7, 11) is 1.91. The van der Waals surface area contributed by atoms with E-state index in [0.29, 0.717) is 18.7 Å². The van der Waals surface area contributed by atoms with Gasteiger partial charge in [0, 0.05) is 36.8 Å². The molecule has 0 saturated heterocycles. The molecule has 1 fully saturated rings. The number of hydrogen-bond donors (Lipinski definition) is 0. The summed E-state index contributed by atoms with van der Waals surface area (Å²) < 4.78 is 20.2. The molecule has 6 nitrogen and oxygen atoms in total. The quantitative estimate of drug-likeness (QED) is 0.654. The lowest BCUT2D eigenvalue weighted by atomic mass is 10.1. The summed E-state index contributed by atoms with van der Waals surface area (Å²) in [5, 5.41) is 8.48. The van der Waals surface area contributed by atoms with Gasteiger partial charge < -0.3 is 9.42 Å². The van der Waals surface area contributed by atoms with Crippen molar-refractivity contribution >= 4 is 5.91 Å².